The summed E-state index contributed by atoms with van der Waals surface area (Å²) in [6.45, 7) is 1.49. The van der Waals surface area contributed by atoms with Gasteiger partial charge in [0.05, 0.1) is 0 Å². The summed E-state index contributed by atoms with van der Waals surface area (Å²) in [5.74, 6) is -1.97. The Morgan fingerprint density at radius 2 is 2.46 bits per heavy atom. The number of aryl methyl sites for hydroxylation is 1. The average Bonchev–Trinajstić information content (AvgIpc) is 2.62. The predicted octanol–water partition coefficient (Wildman–Crippen LogP) is 1.81. The van der Waals surface area contributed by atoms with Gasteiger partial charge in [-0.3, -0.25) is 0 Å². The number of aromatic nitrogens is 3. The Kier molecular flexibility index (Phi) is 1.82. The number of alkyl halides is 2. The highest BCUT2D eigenvalue weighted by Crippen LogP contribution is 2.38. The molecule has 1 unspecified atom stereocenters. The first-order chi connectivity index (χ1) is 6.15. The minimum Gasteiger partial charge on any atom is -0.241 e. The summed E-state index contributed by atoms with van der Waals surface area (Å²) >= 11 is 0. The van der Waals surface area contributed by atoms with Crippen molar-refractivity contribution in [3.63, 3.8) is 0 Å². The number of rotatable bonds is 2. The number of halogens is 2. The molecule has 0 bridgehead atoms. The first-order valence-electron chi connectivity index (χ1n) is 4.41. The lowest BCUT2D eigenvalue weighted by Crippen LogP contribution is -2.28. The SMILES string of the molecule is CCC(F)(F)C1CCc2ncnn21. The summed E-state index contributed by atoms with van der Waals surface area (Å²) < 4.78 is 28.0. The van der Waals surface area contributed by atoms with E-state index in [1.165, 1.54) is 17.9 Å². The minimum absolute atomic E-state index is 0.142. The number of hydrogen-bond acceptors (Lipinski definition) is 2. The van der Waals surface area contributed by atoms with Crippen molar-refractivity contribution in [2.45, 2.75) is 38.2 Å². The van der Waals surface area contributed by atoms with Crippen LogP contribution in [0.2, 0.25) is 0 Å². The van der Waals surface area contributed by atoms with Crippen molar-refractivity contribution in [1.29, 1.82) is 0 Å². The zero-order valence-electron chi connectivity index (χ0n) is 7.37. The molecule has 3 nitrogen and oxygen atoms in total. The van der Waals surface area contributed by atoms with Crippen LogP contribution in [0.4, 0.5) is 8.78 Å². The molecule has 0 N–H and O–H groups in total. The maximum Gasteiger partial charge on any atom is 0.269 e. The van der Waals surface area contributed by atoms with E-state index < -0.39 is 12.0 Å². The summed E-state index contributed by atoms with van der Waals surface area (Å²) in [6.07, 6.45) is 2.27. The molecule has 13 heavy (non-hydrogen) atoms. The zero-order chi connectivity index (χ0) is 9.47. The lowest BCUT2D eigenvalue weighted by molar-refractivity contribution is -0.0554. The summed E-state index contributed by atoms with van der Waals surface area (Å²) in [5, 5.41) is 3.82. The van der Waals surface area contributed by atoms with Crippen LogP contribution >= 0.6 is 0 Å². The van der Waals surface area contributed by atoms with Gasteiger partial charge in [0.25, 0.3) is 5.92 Å². The molecule has 1 aliphatic heterocycles. The van der Waals surface area contributed by atoms with Crippen LogP contribution in [0.1, 0.15) is 31.6 Å². The third-order valence-electron chi connectivity index (χ3n) is 2.54. The third kappa shape index (κ3) is 1.22. The van der Waals surface area contributed by atoms with Crippen molar-refractivity contribution >= 4 is 0 Å². The largest absolute Gasteiger partial charge is 0.269 e. The molecule has 0 radical (unpaired) electrons. The first-order valence-corrected chi connectivity index (χ1v) is 4.41. The van der Waals surface area contributed by atoms with Crippen molar-refractivity contribution in [3.8, 4) is 0 Å². The highest BCUT2D eigenvalue weighted by atomic mass is 19.3. The molecule has 0 fully saturated rings. The molecule has 2 heterocycles. The van der Waals surface area contributed by atoms with Gasteiger partial charge in [-0.15, -0.1) is 0 Å². The van der Waals surface area contributed by atoms with Crippen molar-refractivity contribution in [2.24, 2.45) is 0 Å². The van der Waals surface area contributed by atoms with Crippen LogP contribution in [-0.4, -0.2) is 20.7 Å². The van der Waals surface area contributed by atoms with Gasteiger partial charge in [-0.05, 0) is 6.42 Å². The Morgan fingerprint density at radius 3 is 3.15 bits per heavy atom. The Morgan fingerprint density at radius 1 is 1.69 bits per heavy atom. The second kappa shape index (κ2) is 2.75. The van der Waals surface area contributed by atoms with Crippen LogP contribution in [-0.2, 0) is 6.42 Å². The van der Waals surface area contributed by atoms with Gasteiger partial charge in [-0.1, -0.05) is 6.92 Å². The molecular formula is C8H11F2N3. The number of fused-ring (bicyclic) bond motifs is 1. The predicted molar refractivity (Wildman–Crippen MR) is 42.6 cm³/mol. The number of nitrogens with zero attached hydrogens (tertiary/aromatic N) is 3. The minimum atomic E-state index is -2.65. The molecule has 72 valence electrons. The van der Waals surface area contributed by atoms with Crippen molar-refractivity contribution in [2.75, 3.05) is 0 Å². The second-order valence-corrected chi connectivity index (χ2v) is 3.29. The molecule has 1 aromatic rings. The highest BCUT2D eigenvalue weighted by Gasteiger charge is 2.43. The Bertz CT molecular complexity index is 308. The van der Waals surface area contributed by atoms with Crippen LogP contribution in [0.25, 0.3) is 0 Å². The van der Waals surface area contributed by atoms with Crippen LogP contribution in [0, 0.1) is 0 Å². The molecule has 5 heteroatoms. The molecule has 1 aromatic heterocycles. The third-order valence-corrected chi connectivity index (χ3v) is 2.54. The highest BCUT2D eigenvalue weighted by molar-refractivity contribution is 4.99. The summed E-state index contributed by atoms with van der Waals surface area (Å²) in [5.41, 5.74) is 0. The van der Waals surface area contributed by atoms with Crippen molar-refractivity contribution in [1.82, 2.24) is 14.8 Å². The molecule has 1 aliphatic rings. The maximum absolute atomic E-state index is 13.3. The van der Waals surface area contributed by atoms with E-state index in [4.69, 9.17) is 0 Å². The normalized spacial score (nSPS) is 21.9. The molecule has 2 rings (SSSR count). The molecule has 0 aliphatic carbocycles. The van der Waals surface area contributed by atoms with Gasteiger partial charge in [0.1, 0.15) is 18.2 Å². The second-order valence-electron chi connectivity index (χ2n) is 3.29. The molecule has 0 aromatic carbocycles. The standard InChI is InChI=1S/C8H11F2N3/c1-2-8(9,10)6-3-4-7-11-5-12-13(6)7/h5-6H,2-4H2,1H3. The van der Waals surface area contributed by atoms with Gasteiger partial charge >= 0.3 is 0 Å². The molecule has 0 saturated heterocycles. The zero-order valence-corrected chi connectivity index (χ0v) is 7.37. The van der Waals surface area contributed by atoms with Crippen molar-refractivity contribution < 1.29 is 8.78 Å². The molecule has 0 saturated carbocycles. The molecular weight excluding hydrogens is 176 g/mol. The number of hydrogen-bond donors (Lipinski definition) is 0. The van der Waals surface area contributed by atoms with Crippen LogP contribution in [0.3, 0.4) is 0 Å². The fourth-order valence-electron chi connectivity index (χ4n) is 1.73. The quantitative estimate of drug-likeness (QED) is 0.706. The van der Waals surface area contributed by atoms with E-state index in [1.54, 1.807) is 0 Å². The summed E-state index contributed by atoms with van der Waals surface area (Å²) in [4.78, 5) is 3.91. The van der Waals surface area contributed by atoms with Gasteiger partial charge in [0.2, 0.25) is 0 Å². The van der Waals surface area contributed by atoms with Gasteiger partial charge in [-0.25, -0.2) is 18.4 Å². The lowest BCUT2D eigenvalue weighted by atomic mass is 10.1. The van der Waals surface area contributed by atoms with E-state index >= 15 is 0 Å². The summed E-state index contributed by atoms with van der Waals surface area (Å²) in [6, 6.07) is -0.782. The molecule has 1 atom stereocenters. The van der Waals surface area contributed by atoms with Gasteiger partial charge < -0.3 is 0 Å². The van der Waals surface area contributed by atoms with Crippen LogP contribution in [0.5, 0.6) is 0 Å². The first kappa shape index (κ1) is 8.59. The fraction of sp³-hybridized carbons (Fsp3) is 0.750. The molecule has 0 spiro atoms. The van der Waals surface area contributed by atoms with E-state index in [9.17, 15) is 8.78 Å². The van der Waals surface area contributed by atoms with E-state index in [0.717, 1.165) is 0 Å². The average molecular weight is 187 g/mol. The van der Waals surface area contributed by atoms with E-state index in [2.05, 4.69) is 10.1 Å². The smallest absolute Gasteiger partial charge is 0.241 e. The Labute approximate surface area is 74.8 Å². The van der Waals surface area contributed by atoms with Crippen LogP contribution in [0.15, 0.2) is 6.33 Å². The van der Waals surface area contributed by atoms with E-state index in [1.807, 2.05) is 0 Å². The maximum atomic E-state index is 13.3. The van der Waals surface area contributed by atoms with Crippen LogP contribution < -0.4 is 0 Å². The Balaban J connectivity index is 2.30. The topological polar surface area (TPSA) is 30.7 Å². The van der Waals surface area contributed by atoms with E-state index in [0.29, 0.717) is 18.7 Å². The molecule has 0 amide bonds. The van der Waals surface area contributed by atoms with Crippen molar-refractivity contribution in [3.05, 3.63) is 12.2 Å². The van der Waals surface area contributed by atoms with Gasteiger partial charge in [0, 0.05) is 12.8 Å². The monoisotopic (exact) mass is 187 g/mol. The van der Waals surface area contributed by atoms with Gasteiger partial charge in [0.15, 0.2) is 0 Å². The van der Waals surface area contributed by atoms with E-state index in [-0.39, 0.29) is 6.42 Å². The van der Waals surface area contributed by atoms with Gasteiger partial charge in [-0.2, -0.15) is 5.10 Å². The Hall–Kier alpha value is -1.00. The lowest BCUT2D eigenvalue weighted by Gasteiger charge is -2.21. The fourth-order valence-corrected chi connectivity index (χ4v) is 1.73. The summed E-state index contributed by atoms with van der Waals surface area (Å²) in [7, 11) is 0.